The largest absolute Gasteiger partial charge is 0.480 e. The van der Waals surface area contributed by atoms with Crippen LogP contribution in [-0.4, -0.2) is 53.2 Å². The molecule has 0 aliphatic heterocycles. The summed E-state index contributed by atoms with van der Waals surface area (Å²) in [5.74, 6) is -0.287. The van der Waals surface area contributed by atoms with Crippen molar-refractivity contribution in [2.24, 2.45) is 0 Å². The van der Waals surface area contributed by atoms with E-state index in [0.29, 0.717) is 24.0 Å². The number of thioether (sulfide) groups is 2. The van der Waals surface area contributed by atoms with Crippen LogP contribution in [0.1, 0.15) is 13.3 Å². The number of carbonyl (C=O) groups is 2. The highest BCUT2D eigenvalue weighted by atomic mass is 32.2. The molecule has 0 aromatic heterocycles. The van der Waals surface area contributed by atoms with Gasteiger partial charge < -0.3 is 15.7 Å². The number of nitrogens with one attached hydrogen (secondary N) is 2. The van der Waals surface area contributed by atoms with Crippen LogP contribution >= 0.6 is 23.5 Å². The SMILES string of the molecule is CSCCC(NC(=O)NCC(C)SC)C(=O)O. The number of amides is 2. The molecule has 0 spiro atoms. The maximum Gasteiger partial charge on any atom is 0.326 e. The maximum absolute atomic E-state index is 11.4. The maximum atomic E-state index is 11.4. The monoisotopic (exact) mass is 280 g/mol. The van der Waals surface area contributed by atoms with Crippen molar-refractivity contribution in [1.29, 1.82) is 0 Å². The van der Waals surface area contributed by atoms with Crippen molar-refractivity contribution < 1.29 is 14.7 Å². The van der Waals surface area contributed by atoms with Crippen LogP contribution in [0.3, 0.4) is 0 Å². The smallest absolute Gasteiger partial charge is 0.326 e. The highest BCUT2D eigenvalue weighted by Gasteiger charge is 2.19. The van der Waals surface area contributed by atoms with Gasteiger partial charge in [0.1, 0.15) is 6.04 Å². The van der Waals surface area contributed by atoms with Crippen LogP contribution in [0.5, 0.6) is 0 Å². The van der Waals surface area contributed by atoms with E-state index in [-0.39, 0.29) is 0 Å². The molecule has 0 aromatic carbocycles. The van der Waals surface area contributed by atoms with Gasteiger partial charge in [0.05, 0.1) is 0 Å². The first kappa shape index (κ1) is 16.4. The minimum absolute atomic E-state index is 0.315. The molecular weight excluding hydrogens is 260 g/mol. The van der Waals surface area contributed by atoms with E-state index >= 15 is 0 Å². The molecule has 0 heterocycles. The summed E-state index contributed by atoms with van der Waals surface area (Å²) in [6, 6.07) is -1.23. The van der Waals surface area contributed by atoms with E-state index in [4.69, 9.17) is 5.11 Å². The highest BCUT2D eigenvalue weighted by molar-refractivity contribution is 7.99. The van der Waals surface area contributed by atoms with Gasteiger partial charge >= 0.3 is 12.0 Å². The lowest BCUT2D eigenvalue weighted by molar-refractivity contribution is -0.139. The Kier molecular flexibility index (Phi) is 9.16. The number of aliphatic carboxylic acids is 1. The van der Waals surface area contributed by atoms with Gasteiger partial charge in [0, 0.05) is 11.8 Å². The van der Waals surface area contributed by atoms with Crippen molar-refractivity contribution in [3.63, 3.8) is 0 Å². The third-order valence-electron chi connectivity index (χ3n) is 2.17. The van der Waals surface area contributed by atoms with Crippen molar-refractivity contribution >= 4 is 35.5 Å². The zero-order valence-corrected chi connectivity index (χ0v) is 12.0. The molecule has 3 N–H and O–H groups in total. The molecule has 0 fully saturated rings. The zero-order chi connectivity index (χ0) is 13.3. The first-order chi connectivity index (χ1) is 8.01. The average Bonchev–Trinajstić information content (AvgIpc) is 2.30. The molecule has 100 valence electrons. The van der Waals surface area contributed by atoms with E-state index in [2.05, 4.69) is 10.6 Å². The second-order valence-corrected chi connectivity index (χ2v) is 5.83. The van der Waals surface area contributed by atoms with Gasteiger partial charge in [-0.3, -0.25) is 0 Å². The number of rotatable bonds is 8. The summed E-state index contributed by atoms with van der Waals surface area (Å²) < 4.78 is 0. The minimum atomic E-state index is -0.993. The Morgan fingerprint density at radius 3 is 2.47 bits per heavy atom. The van der Waals surface area contributed by atoms with Crippen molar-refractivity contribution in [3.8, 4) is 0 Å². The molecule has 0 bridgehead atoms. The van der Waals surface area contributed by atoms with Crippen molar-refractivity contribution in [3.05, 3.63) is 0 Å². The van der Waals surface area contributed by atoms with Gasteiger partial charge in [-0.2, -0.15) is 23.5 Å². The molecule has 0 rings (SSSR count). The summed E-state index contributed by atoms with van der Waals surface area (Å²) in [6.07, 6.45) is 4.30. The summed E-state index contributed by atoms with van der Waals surface area (Å²) in [4.78, 5) is 22.3. The quantitative estimate of drug-likeness (QED) is 0.623. The van der Waals surface area contributed by atoms with Gasteiger partial charge in [0.2, 0.25) is 0 Å². The molecule has 17 heavy (non-hydrogen) atoms. The lowest BCUT2D eigenvalue weighted by Gasteiger charge is -2.16. The predicted molar refractivity (Wildman–Crippen MR) is 73.9 cm³/mol. The number of carbonyl (C=O) groups excluding carboxylic acids is 1. The summed E-state index contributed by atoms with van der Waals surface area (Å²) >= 11 is 3.20. The molecule has 0 aliphatic carbocycles. The van der Waals surface area contributed by atoms with Crippen LogP contribution < -0.4 is 10.6 Å². The van der Waals surface area contributed by atoms with Gasteiger partial charge in [-0.15, -0.1) is 0 Å². The lowest BCUT2D eigenvalue weighted by atomic mass is 10.2. The summed E-state index contributed by atoms with van der Waals surface area (Å²) in [6.45, 7) is 2.52. The Hall–Kier alpha value is -0.560. The standard InChI is InChI=1S/C10H20N2O3S2/c1-7(17-3)6-11-10(15)12-8(9(13)14)4-5-16-2/h7-8H,4-6H2,1-3H3,(H,13,14)(H2,11,12,15). The number of carboxylic acids is 1. The Balaban J connectivity index is 3.99. The second kappa shape index (κ2) is 9.47. The summed E-state index contributed by atoms with van der Waals surface area (Å²) in [5, 5.41) is 14.3. The molecule has 0 aliphatic rings. The van der Waals surface area contributed by atoms with E-state index < -0.39 is 18.0 Å². The first-order valence-corrected chi connectivity index (χ1v) is 7.98. The van der Waals surface area contributed by atoms with E-state index in [1.165, 1.54) is 0 Å². The van der Waals surface area contributed by atoms with Crippen LogP contribution in [-0.2, 0) is 4.79 Å². The third-order valence-corrected chi connectivity index (χ3v) is 3.78. The van der Waals surface area contributed by atoms with Crippen LogP contribution in [0.25, 0.3) is 0 Å². The molecule has 0 radical (unpaired) electrons. The fourth-order valence-electron chi connectivity index (χ4n) is 1.02. The normalized spacial score (nSPS) is 13.8. The molecule has 0 saturated heterocycles. The molecule has 0 aromatic rings. The van der Waals surface area contributed by atoms with Crippen LogP contribution in [0.15, 0.2) is 0 Å². The second-order valence-electron chi connectivity index (χ2n) is 3.57. The molecule has 2 amide bonds. The number of hydrogen-bond acceptors (Lipinski definition) is 4. The number of hydrogen-bond donors (Lipinski definition) is 3. The lowest BCUT2D eigenvalue weighted by Crippen LogP contribution is -2.47. The van der Waals surface area contributed by atoms with E-state index in [0.717, 1.165) is 0 Å². The molecule has 2 atom stereocenters. The molecule has 5 nitrogen and oxygen atoms in total. The van der Waals surface area contributed by atoms with E-state index in [1.807, 2.05) is 19.4 Å². The van der Waals surface area contributed by atoms with Crippen LogP contribution in [0.4, 0.5) is 4.79 Å². The van der Waals surface area contributed by atoms with Crippen LogP contribution in [0, 0.1) is 0 Å². The van der Waals surface area contributed by atoms with Gasteiger partial charge in [0.15, 0.2) is 0 Å². The van der Waals surface area contributed by atoms with Crippen molar-refractivity contribution in [2.45, 2.75) is 24.6 Å². The fourth-order valence-corrected chi connectivity index (χ4v) is 1.74. The Morgan fingerprint density at radius 2 is 2.00 bits per heavy atom. The fraction of sp³-hybridized carbons (Fsp3) is 0.800. The summed E-state index contributed by atoms with van der Waals surface area (Å²) in [5.41, 5.74) is 0. The molecule has 7 heteroatoms. The first-order valence-electron chi connectivity index (χ1n) is 5.30. The average molecular weight is 280 g/mol. The van der Waals surface area contributed by atoms with Gasteiger partial charge in [0.25, 0.3) is 0 Å². The Morgan fingerprint density at radius 1 is 1.35 bits per heavy atom. The van der Waals surface area contributed by atoms with Crippen molar-refractivity contribution in [2.75, 3.05) is 24.8 Å². The number of carboxylic acid groups (broad SMARTS) is 1. The van der Waals surface area contributed by atoms with Gasteiger partial charge in [-0.25, -0.2) is 9.59 Å². The van der Waals surface area contributed by atoms with Crippen LogP contribution in [0.2, 0.25) is 0 Å². The molecule has 2 unspecified atom stereocenters. The highest BCUT2D eigenvalue weighted by Crippen LogP contribution is 2.03. The topological polar surface area (TPSA) is 78.4 Å². The summed E-state index contributed by atoms with van der Waals surface area (Å²) in [7, 11) is 0. The van der Waals surface area contributed by atoms with Gasteiger partial charge in [-0.05, 0) is 24.7 Å². The molecular formula is C10H20N2O3S2. The third kappa shape index (κ3) is 8.20. The Bertz CT molecular complexity index is 252. The van der Waals surface area contributed by atoms with E-state index in [1.54, 1.807) is 23.5 Å². The van der Waals surface area contributed by atoms with Crippen molar-refractivity contribution in [1.82, 2.24) is 10.6 Å². The zero-order valence-electron chi connectivity index (χ0n) is 10.4. The molecule has 0 saturated carbocycles. The minimum Gasteiger partial charge on any atom is -0.480 e. The van der Waals surface area contributed by atoms with E-state index in [9.17, 15) is 9.59 Å². The predicted octanol–water partition coefficient (Wildman–Crippen LogP) is 1.24. The Labute approximate surface area is 110 Å². The number of urea groups is 1. The van der Waals surface area contributed by atoms with Gasteiger partial charge in [-0.1, -0.05) is 6.92 Å².